The van der Waals surface area contributed by atoms with Gasteiger partial charge in [0.1, 0.15) is 17.9 Å². The first-order valence-corrected chi connectivity index (χ1v) is 16.6. The number of phenolic OH excluding ortho intramolecular Hbond substituents is 2. The van der Waals surface area contributed by atoms with E-state index in [0.717, 1.165) is 17.7 Å². The van der Waals surface area contributed by atoms with E-state index in [0.29, 0.717) is 47.5 Å². The van der Waals surface area contributed by atoms with Crippen LogP contribution >= 0.6 is 0 Å². The molecule has 12 nitrogen and oxygen atoms in total. The van der Waals surface area contributed by atoms with Gasteiger partial charge in [0.15, 0.2) is 11.5 Å². The topological polar surface area (TPSA) is 175 Å². The maximum absolute atomic E-state index is 13.6. The quantitative estimate of drug-likeness (QED) is 0.0764. The average molecular weight is 706 g/mol. The smallest absolute Gasteiger partial charge is 0.251 e. The molecule has 0 unspecified atom stereocenters. The highest BCUT2D eigenvalue weighted by atomic mass is 19.2. The van der Waals surface area contributed by atoms with Crippen LogP contribution in [0.2, 0.25) is 0 Å². The van der Waals surface area contributed by atoms with E-state index in [1.165, 1.54) is 38.4 Å². The van der Waals surface area contributed by atoms with Crippen molar-refractivity contribution in [3.63, 3.8) is 0 Å². The highest BCUT2D eigenvalue weighted by Crippen LogP contribution is 2.26. The highest BCUT2D eigenvalue weighted by molar-refractivity contribution is 5.95. The fraction of sp³-hybridized carbons (Fsp3) is 0.368. The molecule has 0 aliphatic carbocycles. The van der Waals surface area contributed by atoms with Gasteiger partial charge < -0.3 is 40.7 Å². The molecule has 0 saturated carbocycles. The summed E-state index contributed by atoms with van der Waals surface area (Å²) in [6.07, 6.45) is 2.41. The summed E-state index contributed by atoms with van der Waals surface area (Å²) in [6, 6.07) is 19.6. The SMILES string of the molecule is CC(C)(F)Oc1ccc(Nc2cc(-c3cccc(C(=O)NCCO)c3)ncn2)cc1.CC(C)CCOC(C)(C)CNC(=O)c1ccc(O)c(O)c1. The van der Waals surface area contributed by atoms with E-state index in [2.05, 4.69) is 39.8 Å². The zero-order valence-corrected chi connectivity index (χ0v) is 29.9. The van der Waals surface area contributed by atoms with Crippen molar-refractivity contribution in [2.24, 2.45) is 5.92 Å². The maximum atomic E-state index is 13.6. The summed E-state index contributed by atoms with van der Waals surface area (Å²) in [4.78, 5) is 32.6. The molecule has 51 heavy (non-hydrogen) atoms. The summed E-state index contributed by atoms with van der Waals surface area (Å²) in [7, 11) is 0. The van der Waals surface area contributed by atoms with Crippen molar-refractivity contribution in [3.05, 3.63) is 90.3 Å². The predicted molar refractivity (Wildman–Crippen MR) is 194 cm³/mol. The maximum Gasteiger partial charge on any atom is 0.251 e. The van der Waals surface area contributed by atoms with Crippen LogP contribution in [0.1, 0.15) is 68.7 Å². The zero-order chi connectivity index (χ0) is 37.6. The van der Waals surface area contributed by atoms with Crippen LogP contribution in [0.5, 0.6) is 17.2 Å². The minimum absolute atomic E-state index is 0.120. The Labute approximate surface area is 298 Å². The summed E-state index contributed by atoms with van der Waals surface area (Å²) in [5.41, 5.74) is 2.46. The molecular formula is C38H48FN5O7. The minimum atomic E-state index is -1.75. The molecule has 1 heterocycles. The van der Waals surface area contributed by atoms with Crippen LogP contribution in [-0.2, 0) is 4.74 Å². The average Bonchev–Trinajstić information content (AvgIpc) is 3.08. The molecule has 6 N–H and O–H groups in total. The number of benzene rings is 3. The van der Waals surface area contributed by atoms with Crippen molar-refractivity contribution in [3.8, 4) is 28.5 Å². The third kappa shape index (κ3) is 14.2. The van der Waals surface area contributed by atoms with Gasteiger partial charge in [0, 0.05) is 62.0 Å². The van der Waals surface area contributed by atoms with E-state index in [9.17, 15) is 24.2 Å². The fourth-order valence-corrected chi connectivity index (χ4v) is 4.39. The summed E-state index contributed by atoms with van der Waals surface area (Å²) >= 11 is 0. The van der Waals surface area contributed by atoms with Crippen LogP contribution in [0.15, 0.2) is 79.1 Å². The molecule has 0 bridgehead atoms. The number of carbonyl (C=O) groups is 2. The first-order chi connectivity index (χ1) is 24.0. The normalized spacial score (nSPS) is 11.3. The second-order valence-corrected chi connectivity index (χ2v) is 13.1. The first-order valence-electron chi connectivity index (χ1n) is 16.6. The number of rotatable bonds is 15. The molecule has 1 aromatic heterocycles. The molecular weight excluding hydrogens is 657 g/mol. The minimum Gasteiger partial charge on any atom is -0.504 e. The summed E-state index contributed by atoms with van der Waals surface area (Å²) in [6.45, 7) is 11.9. The number of halogens is 1. The number of alkyl halides is 1. The number of nitrogens with one attached hydrogen (secondary N) is 3. The van der Waals surface area contributed by atoms with E-state index in [1.54, 1.807) is 48.5 Å². The van der Waals surface area contributed by atoms with Gasteiger partial charge >= 0.3 is 0 Å². The summed E-state index contributed by atoms with van der Waals surface area (Å²) < 4.78 is 24.5. The number of phenols is 2. The lowest BCUT2D eigenvalue weighted by molar-refractivity contribution is -0.0257. The number of nitrogens with zero attached hydrogens (tertiary/aromatic N) is 2. The molecule has 0 saturated heterocycles. The number of aliphatic hydroxyl groups is 1. The van der Waals surface area contributed by atoms with Gasteiger partial charge in [-0.25, -0.2) is 9.97 Å². The molecule has 0 atom stereocenters. The molecule has 0 radical (unpaired) electrons. The number of aromatic hydroxyl groups is 2. The van der Waals surface area contributed by atoms with E-state index in [4.69, 9.17) is 14.6 Å². The zero-order valence-electron chi connectivity index (χ0n) is 29.9. The van der Waals surface area contributed by atoms with Gasteiger partial charge in [-0.3, -0.25) is 9.59 Å². The molecule has 0 aliphatic heterocycles. The summed E-state index contributed by atoms with van der Waals surface area (Å²) in [5.74, 6) is -1.32. The second-order valence-electron chi connectivity index (χ2n) is 13.1. The molecule has 274 valence electrons. The highest BCUT2D eigenvalue weighted by Gasteiger charge is 2.20. The molecule has 3 aromatic carbocycles. The Morgan fingerprint density at radius 1 is 0.863 bits per heavy atom. The van der Waals surface area contributed by atoms with Crippen LogP contribution in [0, 0.1) is 5.92 Å². The van der Waals surface area contributed by atoms with Gasteiger partial charge in [-0.05, 0) is 80.8 Å². The van der Waals surface area contributed by atoms with Crippen LogP contribution in [0.3, 0.4) is 0 Å². The monoisotopic (exact) mass is 705 g/mol. The van der Waals surface area contributed by atoms with Crippen LogP contribution in [0.25, 0.3) is 11.3 Å². The fourth-order valence-electron chi connectivity index (χ4n) is 4.39. The van der Waals surface area contributed by atoms with Gasteiger partial charge in [-0.2, -0.15) is 4.39 Å². The Morgan fingerprint density at radius 2 is 1.55 bits per heavy atom. The van der Waals surface area contributed by atoms with E-state index in [1.807, 2.05) is 19.9 Å². The number of amides is 2. The Hall–Kier alpha value is -5.27. The number of hydrogen-bond donors (Lipinski definition) is 6. The van der Waals surface area contributed by atoms with Crippen LogP contribution in [0.4, 0.5) is 15.9 Å². The van der Waals surface area contributed by atoms with Gasteiger partial charge in [-0.15, -0.1) is 0 Å². The van der Waals surface area contributed by atoms with Gasteiger partial charge in [0.25, 0.3) is 11.8 Å². The van der Waals surface area contributed by atoms with Gasteiger partial charge in [-0.1, -0.05) is 26.0 Å². The Morgan fingerprint density at radius 3 is 2.20 bits per heavy atom. The van der Waals surface area contributed by atoms with Gasteiger partial charge in [0.2, 0.25) is 5.85 Å². The number of aromatic nitrogens is 2. The Kier molecular flexibility index (Phi) is 14.7. The van der Waals surface area contributed by atoms with Crippen molar-refractivity contribution in [2.45, 2.75) is 59.4 Å². The number of hydrogen-bond acceptors (Lipinski definition) is 10. The third-order valence-corrected chi connectivity index (χ3v) is 7.07. The standard InChI is InChI=1S/C22H23FN4O3.C16H25NO4/c1-22(2,23)30-18-8-6-17(7-9-18)27-20-13-19(25-14-26-20)15-4-3-5-16(12-15)21(29)24-10-11-28;1-11(2)7-8-21-16(3,4)10-17-15(20)12-5-6-13(18)14(19)9-12/h3-9,12-14,28H,10-11H2,1-2H3,(H,24,29)(H,25,26,27);5-6,9,11,18-19H,7-8,10H2,1-4H3,(H,17,20). The van der Waals surface area contributed by atoms with Crippen molar-refractivity contribution in [2.75, 3.05) is 31.6 Å². The van der Waals surface area contributed by atoms with E-state index in [-0.39, 0.29) is 36.5 Å². The molecule has 4 aromatic rings. The third-order valence-electron chi connectivity index (χ3n) is 7.07. The van der Waals surface area contributed by atoms with Crippen molar-refractivity contribution < 1.29 is 38.8 Å². The molecule has 0 fully saturated rings. The number of carbonyl (C=O) groups excluding carboxylic acids is 2. The van der Waals surface area contributed by atoms with Crippen molar-refractivity contribution in [1.82, 2.24) is 20.6 Å². The Balaban J connectivity index is 0.000000295. The lowest BCUT2D eigenvalue weighted by Crippen LogP contribution is -2.40. The van der Waals surface area contributed by atoms with Crippen molar-refractivity contribution >= 4 is 23.3 Å². The first kappa shape index (κ1) is 40.2. The molecule has 4 rings (SSSR count). The second kappa shape index (κ2) is 18.6. The lowest BCUT2D eigenvalue weighted by Gasteiger charge is -2.26. The Bertz CT molecular complexity index is 1730. The summed E-state index contributed by atoms with van der Waals surface area (Å²) in [5, 5.41) is 36.0. The van der Waals surface area contributed by atoms with Crippen LogP contribution < -0.4 is 20.7 Å². The molecule has 13 heteroatoms. The number of aliphatic hydroxyl groups excluding tert-OH is 1. The molecule has 0 aliphatic rings. The number of ether oxygens (including phenoxy) is 2. The molecule has 0 spiro atoms. The van der Waals surface area contributed by atoms with Crippen LogP contribution in [-0.4, -0.2) is 74.9 Å². The van der Waals surface area contributed by atoms with E-state index >= 15 is 0 Å². The molecule has 2 amide bonds. The van der Waals surface area contributed by atoms with Gasteiger partial charge in [0.05, 0.1) is 17.9 Å². The largest absolute Gasteiger partial charge is 0.504 e. The predicted octanol–water partition coefficient (Wildman–Crippen LogP) is 6.36. The van der Waals surface area contributed by atoms with Crippen molar-refractivity contribution in [1.29, 1.82) is 0 Å². The number of anilines is 2. The van der Waals surface area contributed by atoms with E-state index < -0.39 is 11.5 Å². The lowest BCUT2D eigenvalue weighted by atomic mass is 10.1.